The SMILES string of the molecule is O=C(NCCn1cc(C(c2ccccc2)c2ccccc2)ccc1=O)c1cccc(O)c1. The number of amides is 1. The van der Waals surface area contributed by atoms with E-state index in [0.29, 0.717) is 18.7 Å². The highest BCUT2D eigenvalue weighted by molar-refractivity contribution is 5.94. The smallest absolute Gasteiger partial charge is 0.251 e. The highest BCUT2D eigenvalue weighted by Gasteiger charge is 2.17. The Morgan fingerprint density at radius 1 is 0.812 bits per heavy atom. The lowest BCUT2D eigenvalue weighted by Crippen LogP contribution is -2.30. The van der Waals surface area contributed by atoms with Crippen molar-refractivity contribution in [3.8, 4) is 5.75 Å². The second-order valence-corrected chi connectivity index (χ2v) is 7.55. The third-order valence-corrected chi connectivity index (χ3v) is 5.35. The molecule has 0 atom stereocenters. The number of nitrogens with one attached hydrogen (secondary N) is 1. The van der Waals surface area contributed by atoms with Crippen LogP contribution in [0.3, 0.4) is 0 Å². The normalized spacial score (nSPS) is 10.8. The molecule has 4 rings (SSSR count). The minimum absolute atomic E-state index is 0.00821. The highest BCUT2D eigenvalue weighted by atomic mass is 16.3. The van der Waals surface area contributed by atoms with E-state index in [9.17, 15) is 14.7 Å². The molecule has 1 aromatic heterocycles. The monoisotopic (exact) mass is 424 g/mol. The molecule has 0 aliphatic rings. The zero-order valence-corrected chi connectivity index (χ0v) is 17.5. The van der Waals surface area contributed by atoms with E-state index in [1.807, 2.05) is 48.7 Å². The Hall–Kier alpha value is -4.12. The van der Waals surface area contributed by atoms with Gasteiger partial charge in [-0.15, -0.1) is 0 Å². The van der Waals surface area contributed by atoms with Crippen LogP contribution in [0.5, 0.6) is 5.75 Å². The van der Waals surface area contributed by atoms with Gasteiger partial charge in [0.25, 0.3) is 11.5 Å². The molecule has 0 saturated carbocycles. The maximum Gasteiger partial charge on any atom is 0.251 e. The Labute approximate surface area is 186 Å². The zero-order chi connectivity index (χ0) is 22.3. The van der Waals surface area contributed by atoms with Gasteiger partial charge in [0, 0.05) is 36.8 Å². The molecule has 0 fully saturated rings. The standard InChI is InChI=1S/C27H24N2O3/c30-24-13-7-12-22(18-24)27(32)28-16-17-29-19-23(14-15-25(29)31)26(20-8-3-1-4-9-20)21-10-5-2-6-11-21/h1-15,18-19,26,30H,16-17H2,(H,28,32). The molecule has 160 valence electrons. The molecule has 0 aliphatic heterocycles. The van der Waals surface area contributed by atoms with Gasteiger partial charge < -0.3 is 15.0 Å². The van der Waals surface area contributed by atoms with Crippen molar-refractivity contribution in [1.82, 2.24) is 9.88 Å². The fourth-order valence-corrected chi connectivity index (χ4v) is 3.80. The molecular formula is C27H24N2O3. The van der Waals surface area contributed by atoms with E-state index < -0.39 is 0 Å². The third kappa shape index (κ3) is 4.95. The summed E-state index contributed by atoms with van der Waals surface area (Å²) in [5.41, 5.74) is 3.53. The number of phenols is 1. The summed E-state index contributed by atoms with van der Waals surface area (Å²) in [5, 5.41) is 12.4. The summed E-state index contributed by atoms with van der Waals surface area (Å²) in [6.07, 6.45) is 1.87. The topological polar surface area (TPSA) is 71.3 Å². The van der Waals surface area contributed by atoms with Gasteiger partial charge in [-0.1, -0.05) is 72.8 Å². The molecule has 0 saturated heterocycles. The Morgan fingerprint density at radius 3 is 2.09 bits per heavy atom. The zero-order valence-electron chi connectivity index (χ0n) is 17.5. The number of carbonyl (C=O) groups is 1. The van der Waals surface area contributed by atoms with E-state index in [2.05, 4.69) is 29.6 Å². The van der Waals surface area contributed by atoms with Crippen LogP contribution in [0.15, 0.2) is 108 Å². The minimum Gasteiger partial charge on any atom is -0.508 e. The number of hydrogen-bond acceptors (Lipinski definition) is 3. The van der Waals surface area contributed by atoms with E-state index in [0.717, 1.165) is 16.7 Å². The molecular weight excluding hydrogens is 400 g/mol. The Kier molecular flexibility index (Phi) is 6.46. The lowest BCUT2D eigenvalue weighted by molar-refractivity contribution is 0.0952. The first kappa shape index (κ1) is 21.1. The molecule has 1 heterocycles. The summed E-state index contributed by atoms with van der Waals surface area (Å²) in [6, 6.07) is 30.0. The number of pyridine rings is 1. The summed E-state index contributed by atoms with van der Waals surface area (Å²) in [4.78, 5) is 24.8. The number of benzene rings is 3. The molecule has 4 aromatic rings. The fourth-order valence-electron chi connectivity index (χ4n) is 3.80. The van der Waals surface area contributed by atoms with Crippen LogP contribution in [0.1, 0.15) is 33.0 Å². The second kappa shape index (κ2) is 9.79. The van der Waals surface area contributed by atoms with Crippen LogP contribution in [-0.2, 0) is 6.54 Å². The van der Waals surface area contributed by atoms with E-state index in [4.69, 9.17) is 0 Å². The van der Waals surface area contributed by atoms with E-state index in [1.165, 1.54) is 12.1 Å². The first-order chi connectivity index (χ1) is 15.6. The van der Waals surface area contributed by atoms with Crippen LogP contribution in [0.25, 0.3) is 0 Å². The van der Waals surface area contributed by atoms with Crippen molar-refractivity contribution >= 4 is 5.91 Å². The van der Waals surface area contributed by atoms with E-state index in [-0.39, 0.29) is 23.1 Å². The van der Waals surface area contributed by atoms with Gasteiger partial charge in [0.05, 0.1) is 0 Å². The van der Waals surface area contributed by atoms with Gasteiger partial charge in [-0.05, 0) is 34.9 Å². The lowest BCUT2D eigenvalue weighted by Gasteiger charge is -2.20. The molecule has 32 heavy (non-hydrogen) atoms. The Morgan fingerprint density at radius 2 is 1.47 bits per heavy atom. The van der Waals surface area contributed by atoms with Crippen molar-refractivity contribution in [1.29, 1.82) is 0 Å². The lowest BCUT2D eigenvalue weighted by atomic mass is 9.86. The largest absolute Gasteiger partial charge is 0.508 e. The minimum atomic E-state index is -0.295. The van der Waals surface area contributed by atoms with Crippen LogP contribution in [0, 0.1) is 0 Å². The first-order valence-corrected chi connectivity index (χ1v) is 10.5. The highest BCUT2D eigenvalue weighted by Crippen LogP contribution is 2.31. The molecule has 2 N–H and O–H groups in total. The number of aromatic hydroxyl groups is 1. The average molecular weight is 425 g/mol. The van der Waals surface area contributed by atoms with Crippen LogP contribution >= 0.6 is 0 Å². The molecule has 0 spiro atoms. The summed E-state index contributed by atoms with van der Waals surface area (Å²) in [7, 11) is 0. The number of hydrogen-bond donors (Lipinski definition) is 2. The number of nitrogens with zero attached hydrogens (tertiary/aromatic N) is 1. The molecule has 1 amide bonds. The fraction of sp³-hybridized carbons (Fsp3) is 0.111. The van der Waals surface area contributed by atoms with Crippen LogP contribution in [0.2, 0.25) is 0 Å². The van der Waals surface area contributed by atoms with Gasteiger partial charge in [0.2, 0.25) is 0 Å². The number of carbonyl (C=O) groups excluding carboxylic acids is 1. The molecule has 5 nitrogen and oxygen atoms in total. The van der Waals surface area contributed by atoms with Gasteiger partial charge in [0.15, 0.2) is 0 Å². The van der Waals surface area contributed by atoms with Gasteiger partial charge >= 0.3 is 0 Å². The van der Waals surface area contributed by atoms with Gasteiger partial charge in [-0.25, -0.2) is 0 Å². The van der Waals surface area contributed by atoms with Crippen LogP contribution < -0.4 is 10.9 Å². The van der Waals surface area contributed by atoms with Gasteiger partial charge in [-0.3, -0.25) is 9.59 Å². The van der Waals surface area contributed by atoms with Crippen molar-refractivity contribution in [3.05, 3.63) is 136 Å². The number of aromatic nitrogens is 1. The Balaban J connectivity index is 1.56. The van der Waals surface area contributed by atoms with E-state index in [1.54, 1.807) is 22.8 Å². The van der Waals surface area contributed by atoms with Crippen molar-refractivity contribution < 1.29 is 9.90 Å². The predicted molar refractivity (Wildman–Crippen MR) is 125 cm³/mol. The molecule has 0 unspecified atom stereocenters. The first-order valence-electron chi connectivity index (χ1n) is 10.5. The summed E-state index contributed by atoms with van der Waals surface area (Å²) < 4.78 is 1.62. The Bertz CT molecular complexity index is 1210. The number of rotatable bonds is 7. The maximum atomic E-state index is 12.5. The summed E-state index contributed by atoms with van der Waals surface area (Å²) >= 11 is 0. The van der Waals surface area contributed by atoms with Crippen LogP contribution in [-0.4, -0.2) is 22.1 Å². The molecule has 5 heteroatoms. The quantitative estimate of drug-likeness (QED) is 0.468. The van der Waals surface area contributed by atoms with Crippen molar-refractivity contribution in [2.24, 2.45) is 0 Å². The van der Waals surface area contributed by atoms with Gasteiger partial charge in [0.1, 0.15) is 5.75 Å². The van der Waals surface area contributed by atoms with Crippen LogP contribution in [0.4, 0.5) is 0 Å². The van der Waals surface area contributed by atoms with Crippen molar-refractivity contribution in [2.45, 2.75) is 12.5 Å². The molecule has 3 aromatic carbocycles. The van der Waals surface area contributed by atoms with E-state index >= 15 is 0 Å². The summed E-state index contributed by atoms with van der Waals surface area (Å²) in [5.74, 6) is -0.267. The molecule has 0 radical (unpaired) electrons. The van der Waals surface area contributed by atoms with Crippen molar-refractivity contribution in [3.63, 3.8) is 0 Å². The third-order valence-electron chi connectivity index (χ3n) is 5.35. The predicted octanol–water partition coefficient (Wildman–Crippen LogP) is 4.16. The van der Waals surface area contributed by atoms with Gasteiger partial charge in [-0.2, -0.15) is 0 Å². The average Bonchev–Trinajstić information content (AvgIpc) is 2.82. The number of phenolic OH excluding ortho intramolecular Hbond substituents is 1. The maximum absolute atomic E-state index is 12.5. The summed E-state index contributed by atoms with van der Waals surface area (Å²) in [6.45, 7) is 0.632. The van der Waals surface area contributed by atoms with Crippen molar-refractivity contribution in [2.75, 3.05) is 6.54 Å². The molecule has 0 aliphatic carbocycles. The second-order valence-electron chi connectivity index (χ2n) is 7.55. The molecule has 0 bridgehead atoms.